The van der Waals surface area contributed by atoms with E-state index in [-0.39, 0.29) is 0 Å². The molecule has 0 aliphatic carbocycles. The monoisotopic (exact) mass is 256 g/mol. The molecule has 1 fully saturated rings. The van der Waals surface area contributed by atoms with Gasteiger partial charge in [-0.3, -0.25) is 0 Å². The van der Waals surface area contributed by atoms with E-state index in [1.807, 2.05) is 0 Å². The standard InChI is InChI=1S/C14H32N4/c1-13-11-18(12-14(13)17(4)5)10-8-15-7-6-9-16(2)3/h13-15H,6-12H2,1-5H3. The van der Waals surface area contributed by atoms with E-state index in [2.05, 4.69) is 55.1 Å². The Morgan fingerprint density at radius 3 is 2.39 bits per heavy atom. The first-order chi connectivity index (χ1) is 8.50. The predicted octanol–water partition coefficient (Wildman–Crippen LogP) is 0.410. The zero-order valence-electron chi connectivity index (χ0n) is 12.9. The maximum absolute atomic E-state index is 3.54. The number of hydrogen-bond acceptors (Lipinski definition) is 4. The highest BCUT2D eigenvalue weighted by Gasteiger charge is 2.30. The summed E-state index contributed by atoms with van der Waals surface area (Å²) >= 11 is 0. The van der Waals surface area contributed by atoms with Gasteiger partial charge in [-0.15, -0.1) is 0 Å². The van der Waals surface area contributed by atoms with E-state index in [4.69, 9.17) is 0 Å². The third-order valence-electron chi connectivity index (χ3n) is 3.88. The van der Waals surface area contributed by atoms with E-state index in [0.29, 0.717) is 0 Å². The fourth-order valence-corrected chi connectivity index (χ4v) is 2.79. The van der Waals surface area contributed by atoms with Crippen molar-refractivity contribution in [3.63, 3.8) is 0 Å². The first-order valence-corrected chi connectivity index (χ1v) is 7.25. The van der Waals surface area contributed by atoms with Crippen molar-refractivity contribution < 1.29 is 0 Å². The van der Waals surface area contributed by atoms with Crippen LogP contribution in [0.4, 0.5) is 0 Å². The van der Waals surface area contributed by atoms with Gasteiger partial charge in [-0.1, -0.05) is 6.92 Å². The number of nitrogens with one attached hydrogen (secondary N) is 1. The molecule has 0 aromatic carbocycles. The van der Waals surface area contributed by atoms with Crippen LogP contribution < -0.4 is 5.32 Å². The van der Waals surface area contributed by atoms with Crippen LogP contribution in [0, 0.1) is 5.92 Å². The molecule has 2 atom stereocenters. The molecule has 1 aliphatic heterocycles. The van der Waals surface area contributed by atoms with Gasteiger partial charge in [0.1, 0.15) is 0 Å². The minimum Gasteiger partial charge on any atom is -0.315 e. The zero-order valence-corrected chi connectivity index (χ0v) is 12.9. The number of likely N-dealkylation sites (N-methyl/N-ethyl adjacent to an activating group) is 1. The summed E-state index contributed by atoms with van der Waals surface area (Å²) in [7, 11) is 8.66. The van der Waals surface area contributed by atoms with Gasteiger partial charge in [0.15, 0.2) is 0 Å². The van der Waals surface area contributed by atoms with Gasteiger partial charge < -0.3 is 20.0 Å². The SMILES string of the molecule is CC1CN(CCNCCCN(C)C)CC1N(C)C. The Kier molecular flexibility index (Phi) is 7.15. The first kappa shape index (κ1) is 15.9. The quantitative estimate of drug-likeness (QED) is 0.635. The van der Waals surface area contributed by atoms with Gasteiger partial charge >= 0.3 is 0 Å². The molecular formula is C14H32N4. The lowest BCUT2D eigenvalue weighted by Gasteiger charge is -2.22. The van der Waals surface area contributed by atoms with E-state index in [0.717, 1.165) is 25.0 Å². The Hall–Kier alpha value is -0.160. The Balaban J connectivity index is 2.04. The summed E-state index contributed by atoms with van der Waals surface area (Å²) in [4.78, 5) is 7.20. The summed E-state index contributed by atoms with van der Waals surface area (Å²) in [6, 6.07) is 0.735. The maximum atomic E-state index is 3.54. The molecule has 18 heavy (non-hydrogen) atoms. The molecule has 4 heteroatoms. The molecule has 2 unspecified atom stereocenters. The van der Waals surface area contributed by atoms with Crippen LogP contribution in [-0.4, -0.2) is 88.2 Å². The highest BCUT2D eigenvalue weighted by molar-refractivity contribution is 4.86. The van der Waals surface area contributed by atoms with Crippen molar-refractivity contribution in [3.05, 3.63) is 0 Å². The average Bonchev–Trinajstić information content (AvgIpc) is 2.64. The maximum Gasteiger partial charge on any atom is 0.0254 e. The van der Waals surface area contributed by atoms with Crippen molar-refractivity contribution in [1.82, 2.24) is 20.0 Å². The van der Waals surface area contributed by atoms with Crippen molar-refractivity contribution >= 4 is 0 Å². The molecular weight excluding hydrogens is 224 g/mol. The van der Waals surface area contributed by atoms with Crippen LogP contribution in [0.5, 0.6) is 0 Å². The summed E-state index contributed by atoms with van der Waals surface area (Å²) in [6.07, 6.45) is 1.24. The third kappa shape index (κ3) is 5.65. The Morgan fingerprint density at radius 2 is 1.83 bits per heavy atom. The van der Waals surface area contributed by atoms with E-state index >= 15 is 0 Å². The number of nitrogens with zero attached hydrogens (tertiary/aromatic N) is 3. The van der Waals surface area contributed by atoms with Crippen molar-refractivity contribution in [2.45, 2.75) is 19.4 Å². The summed E-state index contributed by atoms with van der Waals surface area (Å²) < 4.78 is 0. The average molecular weight is 256 g/mol. The van der Waals surface area contributed by atoms with Crippen molar-refractivity contribution in [3.8, 4) is 0 Å². The van der Waals surface area contributed by atoms with E-state index in [9.17, 15) is 0 Å². The molecule has 0 aromatic rings. The van der Waals surface area contributed by atoms with Gasteiger partial charge in [0.05, 0.1) is 0 Å². The summed E-state index contributed by atoms with van der Waals surface area (Å²) in [6.45, 7) is 9.48. The molecule has 1 saturated heterocycles. The van der Waals surface area contributed by atoms with Gasteiger partial charge in [0.2, 0.25) is 0 Å². The Labute approximate surface area is 113 Å². The number of rotatable bonds is 8. The van der Waals surface area contributed by atoms with Crippen molar-refractivity contribution in [2.24, 2.45) is 5.92 Å². The fraction of sp³-hybridized carbons (Fsp3) is 1.00. The molecule has 108 valence electrons. The minimum absolute atomic E-state index is 0.735. The van der Waals surface area contributed by atoms with E-state index in [1.54, 1.807) is 0 Å². The van der Waals surface area contributed by atoms with Crippen molar-refractivity contribution in [1.29, 1.82) is 0 Å². The number of hydrogen-bond donors (Lipinski definition) is 1. The van der Waals surface area contributed by atoms with Crippen LogP contribution >= 0.6 is 0 Å². The molecule has 0 spiro atoms. The van der Waals surface area contributed by atoms with Crippen LogP contribution in [0.2, 0.25) is 0 Å². The van der Waals surface area contributed by atoms with E-state index in [1.165, 1.54) is 32.6 Å². The van der Waals surface area contributed by atoms with E-state index < -0.39 is 0 Å². The summed E-state index contributed by atoms with van der Waals surface area (Å²) in [5.74, 6) is 0.800. The smallest absolute Gasteiger partial charge is 0.0254 e. The lowest BCUT2D eigenvalue weighted by molar-refractivity contribution is 0.252. The minimum atomic E-state index is 0.735. The highest BCUT2D eigenvalue weighted by Crippen LogP contribution is 2.19. The Bertz CT molecular complexity index is 218. The van der Waals surface area contributed by atoms with Crippen LogP contribution in [0.1, 0.15) is 13.3 Å². The molecule has 1 aliphatic rings. The second kappa shape index (κ2) is 8.10. The molecule has 0 saturated carbocycles. The number of likely N-dealkylation sites (tertiary alicyclic amines) is 1. The van der Waals surface area contributed by atoms with Crippen LogP contribution in [-0.2, 0) is 0 Å². The van der Waals surface area contributed by atoms with Crippen molar-refractivity contribution in [2.75, 3.05) is 67.5 Å². The summed E-state index contributed by atoms with van der Waals surface area (Å²) in [5, 5.41) is 3.54. The molecule has 1 rings (SSSR count). The Morgan fingerprint density at radius 1 is 1.11 bits per heavy atom. The fourth-order valence-electron chi connectivity index (χ4n) is 2.79. The van der Waals surface area contributed by atoms with Gasteiger partial charge in [0.25, 0.3) is 0 Å². The molecule has 1 N–H and O–H groups in total. The lowest BCUT2D eigenvalue weighted by atomic mass is 10.1. The second-order valence-electron chi connectivity index (χ2n) is 6.17. The molecule has 0 amide bonds. The molecule has 0 aromatic heterocycles. The highest BCUT2D eigenvalue weighted by atomic mass is 15.2. The predicted molar refractivity (Wildman–Crippen MR) is 79.1 cm³/mol. The molecule has 0 bridgehead atoms. The third-order valence-corrected chi connectivity index (χ3v) is 3.88. The van der Waals surface area contributed by atoms with Crippen LogP contribution in [0.15, 0.2) is 0 Å². The molecule has 1 heterocycles. The zero-order chi connectivity index (χ0) is 13.5. The van der Waals surface area contributed by atoms with Gasteiger partial charge in [-0.25, -0.2) is 0 Å². The van der Waals surface area contributed by atoms with Gasteiger partial charge in [-0.2, -0.15) is 0 Å². The topological polar surface area (TPSA) is 21.8 Å². The van der Waals surface area contributed by atoms with Crippen LogP contribution in [0.25, 0.3) is 0 Å². The lowest BCUT2D eigenvalue weighted by Crippen LogP contribution is -2.36. The van der Waals surface area contributed by atoms with Crippen LogP contribution in [0.3, 0.4) is 0 Å². The molecule has 4 nitrogen and oxygen atoms in total. The normalized spacial score (nSPS) is 25.5. The largest absolute Gasteiger partial charge is 0.315 e. The second-order valence-corrected chi connectivity index (χ2v) is 6.17. The van der Waals surface area contributed by atoms with Gasteiger partial charge in [-0.05, 0) is 53.6 Å². The van der Waals surface area contributed by atoms with Gasteiger partial charge in [0, 0.05) is 32.2 Å². The first-order valence-electron chi connectivity index (χ1n) is 7.25. The summed E-state index contributed by atoms with van der Waals surface area (Å²) in [5.41, 5.74) is 0. The molecule has 0 radical (unpaired) electrons.